The molecule has 24 heavy (non-hydrogen) atoms. The molecule has 2 aliphatic rings. The first-order valence-electron chi connectivity index (χ1n) is 9.05. The normalized spacial score (nSPS) is 24.6. The minimum absolute atomic E-state index is 0.0387. The van der Waals surface area contributed by atoms with Gasteiger partial charge in [-0.1, -0.05) is 0 Å². The molecular weight excluding hydrogens is 308 g/mol. The molecular formula is C17H30N4O3. The molecule has 2 atom stereocenters. The van der Waals surface area contributed by atoms with Crippen LogP contribution in [-0.4, -0.2) is 66.3 Å². The standard InChI is InChI=1S/C17H30N4O3/c1-13(22)20-9-4-5-14(12-20)17(24)21-10-3-2-6-15(21)11-19-16(23)7-8-18/h14-15H,2-12,18H2,1H3,(H,19,23). The molecule has 0 saturated carbocycles. The van der Waals surface area contributed by atoms with Gasteiger partial charge >= 0.3 is 0 Å². The van der Waals surface area contributed by atoms with Gasteiger partial charge in [-0.2, -0.15) is 0 Å². The van der Waals surface area contributed by atoms with Gasteiger partial charge in [0, 0.05) is 52.1 Å². The van der Waals surface area contributed by atoms with Gasteiger partial charge in [0.05, 0.1) is 5.92 Å². The largest absolute Gasteiger partial charge is 0.354 e. The van der Waals surface area contributed by atoms with Crippen LogP contribution >= 0.6 is 0 Å². The highest BCUT2D eigenvalue weighted by Gasteiger charge is 2.34. The maximum atomic E-state index is 13.0. The second kappa shape index (κ2) is 9.01. The Morgan fingerprint density at radius 3 is 2.62 bits per heavy atom. The number of amides is 3. The molecule has 0 spiro atoms. The molecule has 2 rings (SSSR count). The van der Waals surface area contributed by atoms with Crippen molar-refractivity contribution < 1.29 is 14.4 Å². The van der Waals surface area contributed by atoms with Crippen LogP contribution in [0.1, 0.15) is 45.4 Å². The molecule has 0 aromatic rings. The highest BCUT2D eigenvalue weighted by atomic mass is 16.2. The highest BCUT2D eigenvalue weighted by Crippen LogP contribution is 2.24. The lowest BCUT2D eigenvalue weighted by molar-refractivity contribution is -0.143. The number of nitrogens with two attached hydrogens (primary N) is 1. The molecule has 0 aromatic heterocycles. The predicted octanol–water partition coefficient (Wildman–Crippen LogP) is 0.0910. The van der Waals surface area contributed by atoms with Crippen molar-refractivity contribution >= 4 is 17.7 Å². The van der Waals surface area contributed by atoms with E-state index in [0.717, 1.165) is 45.2 Å². The van der Waals surface area contributed by atoms with Crippen molar-refractivity contribution in [3.05, 3.63) is 0 Å². The highest BCUT2D eigenvalue weighted by molar-refractivity contribution is 5.81. The van der Waals surface area contributed by atoms with Crippen LogP contribution in [0.25, 0.3) is 0 Å². The van der Waals surface area contributed by atoms with Crippen molar-refractivity contribution in [3.8, 4) is 0 Å². The lowest BCUT2D eigenvalue weighted by Crippen LogP contribution is -2.53. The molecule has 0 radical (unpaired) electrons. The quantitative estimate of drug-likeness (QED) is 0.743. The number of carbonyl (C=O) groups excluding carboxylic acids is 3. The van der Waals surface area contributed by atoms with E-state index in [9.17, 15) is 14.4 Å². The fraction of sp³-hybridized carbons (Fsp3) is 0.824. The summed E-state index contributed by atoms with van der Waals surface area (Å²) in [5.74, 6) is 0.00866. The molecule has 2 fully saturated rings. The van der Waals surface area contributed by atoms with Crippen LogP contribution < -0.4 is 11.1 Å². The van der Waals surface area contributed by atoms with Crippen molar-refractivity contribution in [2.45, 2.75) is 51.5 Å². The molecule has 0 aromatic carbocycles. The molecule has 0 bridgehead atoms. The predicted molar refractivity (Wildman–Crippen MR) is 91.0 cm³/mol. The fourth-order valence-corrected chi connectivity index (χ4v) is 3.65. The summed E-state index contributed by atoms with van der Waals surface area (Å²) in [5, 5.41) is 2.89. The van der Waals surface area contributed by atoms with Gasteiger partial charge < -0.3 is 20.9 Å². The minimum atomic E-state index is -0.108. The van der Waals surface area contributed by atoms with Crippen molar-refractivity contribution in [2.75, 3.05) is 32.7 Å². The molecule has 3 N–H and O–H groups in total. The molecule has 7 nitrogen and oxygen atoms in total. The average molecular weight is 338 g/mol. The van der Waals surface area contributed by atoms with Crippen molar-refractivity contribution in [1.29, 1.82) is 0 Å². The van der Waals surface area contributed by atoms with Gasteiger partial charge in [-0.25, -0.2) is 0 Å². The van der Waals surface area contributed by atoms with Crippen LogP contribution in [0.4, 0.5) is 0 Å². The summed E-state index contributed by atoms with van der Waals surface area (Å²) in [6, 6.07) is 0.0562. The lowest BCUT2D eigenvalue weighted by Gasteiger charge is -2.40. The van der Waals surface area contributed by atoms with Gasteiger partial charge in [-0.3, -0.25) is 14.4 Å². The van der Waals surface area contributed by atoms with E-state index in [1.807, 2.05) is 4.90 Å². The third kappa shape index (κ3) is 4.93. The second-order valence-electron chi connectivity index (χ2n) is 6.83. The minimum Gasteiger partial charge on any atom is -0.354 e. The summed E-state index contributed by atoms with van der Waals surface area (Å²) in [6.45, 7) is 4.40. The summed E-state index contributed by atoms with van der Waals surface area (Å²) in [5.41, 5.74) is 5.39. The molecule has 0 aliphatic carbocycles. The number of nitrogens with one attached hydrogen (secondary N) is 1. The van der Waals surface area contributed by atoms with Crippen molar-refractivity contribution in [3.63, 3.8) is 0 Å². The van der Waals surface area contributed by atoms with E-state index in [4.69, 9.17) is 5.73 Å². The maximum absolute atomic E-state index is 13.0. The number of hydrogen-bond acceptors (Lipinski definition) is 4. The number of piperidine rings is 2. The summed E-state index contributed by atoms with van der Waals surface area (Å²) >= 11 is 0. The Morgan fingerprint density at radius 2 is 1.92 bits per heavy atom. The number of rotatable bonds is 5. The van der Waals surface area contributed by atoms with E-state index < -0.39 is 0 Å². The summed E-state index contributed by atoms with van der Waals surface area (Å²) < 4.78 is 0. The first kappa shape index (κ1) is 18.7. The number of likely N-dealkylation sites (tertiary alicyclic amines) is 2. The van der Waals surface area contributed by atoms with Crippen LogP contribution in [0.3, 0.4) is 0 Å². The zero-order valence-corrected chi connectivity index (χ0v) is 14.6. The number of nitrogens with zero attached hydrogens (tertiary/aromatic N) is 2. The molecule has 2 aliphatic heterocycles. The summed E-state index contributed by atoms with van der Waals surface area (Å²) in [4.78, 5) is 39.9. The molecule has 3 amide bonds. The molecule has 2 heterocycles. The number of hydrogen-bond donors (Lipinski definition) is 2. The van der Waals surface area contributed by atoms with Gasteiger partial charge in [-0.15, -0.1) is 0 Å². The van der Waals surface area contributed by atoms with Crippen molar-refractivity contribution in [1.82, 2.24) is 15.1 Å². The van der Waals surface area contributed by atoms with Gasteiger partial charge in [0.1, 0.15) is 0 Å². The Morgan fingerprint density at radius 1 is 1.12 bits per heavy atom. The molecule has 136 valence electrons. The first-order chi connectivity index (χ1) is 11.5. The van der Waals surface area contributed by atoms with Gasteiger partial charge in [0.2, 0.25) is 17.7 Å². The SMILES string of the molecule is CC(=O)N1CCCC(C(=O)N2CCCCC2CNC(=O)CCN)C1. The van der Waals surface area contributed by atoms with Crippen LogP contribution in [0.2, 0.25) is 0 Å². The zero-order valence-electron chi connectivity index (χ0n) is 14.6. The summed E-state index contributed by atoms with van der Waals surface area (Å²) in [6.07, 6.45) is 5.02. The Kier molecular flexibility index (Phi) is 7.02. The molecule has 7 heteroatoms. The van der Waals surface area contributed by atoms with Crippen LogP contribution in [0.15, 0.2) is 0 Å². The Bertz CT molecular complexity index is 469. The number of carbonyl (C=O) groups is 3. The Labute approximate surface area is 143 Å². The third-order valence-corrected chi connectivity index (χ3v) is 5.03. The first-order valence-corrected chi connectivity index (χ1v) is 9.05. The summed E-state index contributed by atoms with van der Waals surface area (Å²) in [7, 11) is 0. The topological polar surface area (TPSA) is 95.7 Å². The maximum Gasteiger partial charge on any atom is 0.227 e. The van der Waals surface area contributed by atoms with Crippen LogP contribution in [0, 0.1) is 5.92 Å². The lowest BCUT2D eigenvalue weighted by atomic mass is 9.93. The fourth-order valence-electron chi connectivity index (χ4n) is 3.65. The van der Waals surface area contributed by atoms with E-state index in [2.05, 4.69) is 5.32 Å². The van der Waals surface area contributed by atoms with E-state index >= 15 is 0 Å². The monoisotopic (exact) mass is 338 g/mol. The van der Waals surface area contributed by atoms with E-state index in [1.54, 1.807) is 11.8 Å². The van der Waals surface area contributed by atoms with E-state index in [1.165, 1.54) is 0 Å². The van der Waals surface area contributed by atoms with Gasteiger partial charge in [0.25, 0.3) is 0 Å². The second-order valence-corrected chi connectivity index (χ2v) is 6.83. The van der Waals surface area contributed by atoms with Crippen LogP contribution in [-0.2, 0) is 14.4 Å². The van der Waals surface area contributed by atoms with Gasteiger partial charge in [-0.05, 0) is 32.1 Å². The van der Waals surface area contributed by atoms with Gasteiger partial charge in [0.15, 0.2) is 0 Å². The Balaban J connectivity index is 1.94. The molecule has 2 saturated heterocycles. The smallest absolute Gasteiger partial charge is 0.227 e. The van der Waals surface area contributed by atoms with E-state index in [0.29, 0.717) is 26.1 Å². The third-order valence-electron chi connectivity index (χ3n) is 5.03. The van der Waals surface area contributed by atoms with Crippen molar-refractivity contribution in [2.24, 2.45) is 11.7 Å². The zero-order chi connectivity index (χ0) is 17.5. The Hall–Kier alpha value is -1.63. The molecule has 2 unspecified atom stereocenters. The average Bonchev–Trinajstić information content (AvgIpc) is 2.60. The van der Waals surface area contributed by atoms with E-state index in [-0.39, 0.29) is 29.7 Å². The van der Waals surface area contributed by atoms with Crippen LogP contribution in [0.5, 0.6) is 0 Å².